The molecule has 0 amide bonds. The summed E-state index contributed by atoms with van der Waals surface area (Å²) in [5.74, 6) is -0.533. The smallest absolute Gasteiger partial charge is 0.197 e. The molecule has 0 unspecified atom stereocenters. The second kappa shape index (κ2) is 4.70. The van der Waals surface area contributed by atoms with Gasteiger partial charge in [0.15, 0.2) is 5.79 Å². The lowest BCUT2D eigenvalue weighted by molar-refractivity contribution is -0.196. The molecule has 0 atom stereocenters. The van der Waals surface area contributed by atoms with Crippen molar-refractivity contribution in [1.29, 1.82) is 0 Å². The molecular formula is C13H20O3. The van der Waals surface area contributed by atoms with Gasteiger partial charge in [0.05, 0.1) is 6.61 Å². The molecule has 0 aliphatic heterocycles. The van der Waals surface area contributed by atoms with Crippen LogP contribution in [-0.2, 0) is 14.2 Å². The summed E-state index contributed by atoms with van der Waals surface area (Å²) in [5, 5.41) is 0. The molecule has 3 nitrogen and oxygen atoms in total. The molecule has 0 heterocycles. The highest BCUT2D eigenvalue weighted by atomic mass is 16.7. The number of allylic oxidation sites excluding steroid dienone is 2. The standard InChI is InChI=1S/C13H20O3/c1-14-9-12-11(10-6-4-5-7-10)8-13(12,15-2)16-3/h6H,4-5,7-9H2,1-3H3. The summed E-state index contributed by atoms with van der Waals surface area (Å²) in [4.78, 5) is 0. The Bertz CT molecular complexity index is 324. The van der Waals surface area contributed by atoms with Gasteiger partial charge in [-0.3, -0.25) is 0 Å². The average Bonchev–Trinajstić information content (AvgIpc) is 2.80. The van der Waals surface area contributed by atoms with Gasteiger partial charge in [0, 0.05) is 33.3 Å². The fourth-order valence-electron chi connectivity index (χ4n) is 2.64. The Morgan fingerprint density at radius 3 is 2.50 bits per heavy atom. The summed E-state index contributed by atoms with van der Waals surface area (Å²) in [6.45, 7) is 0.592. The number of hydrogen-bond acceptors (Lipinski definition) is 3. The van der Waals surface area contributed by atoms with Gasteiger partial charge in [0.2, 0.25) is 0 Å². The minimum atomic E-state index is -0.533. The Balaban J connectivity index is 2.25. The first-order valence-electron chi connectivity index (χ1n) is 5.78. The average molecular weight is 224 g/mol. The molecule has 0 spiro atoms. The topological polar surface area (TPSA) is 27.7 Å². The number of ether oxygens (including phenoxy) is 3. The molecule has 0 N–H and O–H groups in total. The molecule has 16 heavy (non-hydrogen) atoms. The zero-order valence-corrected chi connectivity index (χ0v) is 10.3. The molecule has 0 bridgehead atoms. The molecule has 2 aliphatic rings. The Morgan fingerprint density at radius 1 is 1.25 bits per heavy atom. The van der Waals surface area contributed by atoms with E-state index in [-0.39, 0.29) is 0 Å². The van der Waals surface area contributed by atoms with Gasteiger partial charge in [-0.25, -0.2) is 0 Å². The fraction of sp³-hybridized carbons (Fsp3) is 0.692. The van der Waals surface area contributed by atoms with E-state index in [1.807, 2.05) is 0 Å². The van der Waals surface area contributed by atoms with E-state index >= 15 is 0 Å². The Morgan fingerprint density at radius 2 is 2.00 bits per heavy atom. The minimum absolute atomic E-state index is 0.533. The highest BCUT2D eigenvalue weighted by molar-refractivity contribution is 5.48. The van der Waals surface area contributed by atoms with Crippen LogP contribution in [0.15, 0.2) is 22.8 Å². The maximum Gasteiger partial charge on any atom is 0.197 e. The van der Waals surface area contributed by atoms with E-state index in [1.54, 1.807) is 21.3 Å². The van der Waals surface area contributed by atoms with Gasteiger partial charge in [-0.1, -0.05) is 6.08 Å². The van der Waals surface area contributed by atoms with Crippen LogP contribution in [0.2, 0.25) is 0 Å². The van der Waals surface area contributed by atoms with Crippen molar-refractivity contribution in [1.82, 2.24) is 0 Å². The van der Waals surface area contributed by atoms with Gasteiger partial charge >= 0.3 is 0 Å². The second-order valence-corrected chi connectivity index (χ2v) is 4.35. The molecular weight excluding hydrogens is 204 g/mol. The first-order chi connectivity index (χ1) is 7.77. The summed E-state index contributed by atoms with van der Waals surface area (Å²) in [5.41, 5.74) is 4.02. The maximum absolute atomic E-state index is 5.49. The lowest BCUT2D eigenvalue weighted by Gasteiger charge is -2.44. The van der Waals surface area contributed by atoms with Crippen molar-refractivity contribution in [3.05, 3.63) is 22.8 Å². The third-order valence-electron chi connectivity index (χ3n) is 3.61. The third-order valence-corrected chi connectivity index (χ3v) is 3.61. The zero-order valence-electron chi connectivity index (χ0n) is 10.3. The predicted octanol–water partition coefficient (Wildman–Crippen LogP) is 2.43. The summed E-state index contributed by atoms with van der Waals surface area (Å²) in [6.07, 6.45) is 6.84. The number of hydrogen-bond donors (Lipinski definition) is 0. The Kier molecular flexibility index (Phi) is 3.47. The number of methoxy groups -OCH3 is 3. The van der Waals surface area contributed by atoms with Crippen molar-refractivity contribution in [2.75, 3.05) is 27.9 Å². The zero-order chi connectivity index (χ0) is 11.6. The SMILES string of the molecule is COCC1=C(C2=CCCC2)CC1(OC)OC. The quantitative estimate of drug-likeness (QED) is 0.671. The van der Waals surface area contributed by atoms with E-state index in [0.717, 1.165) is 12.0 Å². The van der Waals surface area contributed by atoms with Crippen molar-refractivity contribution < 1.29 is 14.2 Å². The minimum Gasteiger partial charge on any atom is -0.380 e. The molecule has 0 aromatic rings. The monoisotopic (exact) mass is 224 g/mol. The lowest BCUT2D eigenvalue weighted by atomic mass is 9.77. The second-order valence-electron chi connectivity index (χ2n) is 4.35. The van der Waals surface area contributed by atoms with Crippen LogP contribution >= 0.6 is 0 Å². The first-order valence-corrected chi connectivity index (χ1v) is 5.78. The summed E-state index contributed by atoms with van der Waals surface area (Å²) < 4.78 is 16.2. The third kappa shape index (κ3) is 1.73. The first kappa shape index (κ1) is 11.8. The molecule has 2 rings (SSSR count). The molecule has 0 radical (unpaired) electrons. The van der Waals surface area contributed by atoms with E-state index in [1.165, 1.54) is 30.4 Å². The van der Waals surface area contributed by atoms with E-state index < -0.39 is 5.79 Å². The van der Waals surface area contributed by atoms with Gasteiger partial charge in [-0.15, -0.1) is 0 Å². The molecule has 2 aliphatic carbocycles. The molecule has 90 valence electrons. The van der Waals surface area contributed by atoms with Crippen molar-refractivity contribution in [2.45, 2.75) is 31.5 Å². The predicted molar refractivity (Wildman–Crippen MR) is 62.2 cm³/mol. The van der Waals surface area contributed by atoms with Gasteiger partial charge in [-0.05, 0) is 30.4 Å². The van der Waals surface area contributed by atoms with Crippen LogP contribution in [0.4, 0.5) is 0 Å². The fourth-order valence-corrected chi connectivity index (χ4v) is 2.64. The number of rotatable bonds is 5. The van der Waals surface area contributed by atoms with Crippen molar-refractivity contribution in [2.24, 2.45) is 0 Å². The normalized spacial score (nSPS) is 23.3. The molecule has 0 aromatic carbocycles. The van der Waals surface area contributed by atoms with Crippen LogP contribution in [0.25, 0.3) is 0 Å². The summed E-state index contributed by atoms with van der Waals surface area (Å²) in [7, 11) is 5.10. The van der Waals surface area contributed by atoms with E-state index in [4.69, 9.17) is 14.2 Å². The molecule has 3 heteroatoms. The summed E-state index contributed by atoms with van der Waals surface area (Å²) >= 11 is 0. The molecule has 0 fully saturated rings. The molecule has 0 aromatic heterocycles. The van der Waals surface area contributed by atoms with E-state index in [0.29, 0.717) is 6.61 Å². The van der Waals surface area contributed by atoms with Crippen LogP contribution in [0.3, 0.4) is 0 Å². The van der Waals surface area contributed by atoms with Gasteiger partial charge in [0.25, 0.3) is 0 Å². The van der Waals surface area contributed by atoms with Crippen molar-refractivity contribution >= 4 is 0 Å². The Hall–Kier alpha value is -0.640. The van der Waals surface area contributed by atoms with E-state index in [2.05, 4.69) is 6.08 Å². The maximum atomic E-state index is 5.49. The summed E-state index contributed by atoms with van der Waals surface area (Å²) in [6, 6.07) is 0. The van der Waals surface area contributed by atoms with Crippen LogP contribution < -0.4 is 0 Å². The molecule has 0 saturated carbocycles. The van der Waals surface area contributed by atoms with Crippen molar-refractivity contribution in [3.63, 3.8) is 0 Å². The van der Waals surface area contributed by atoms with Crippen LogP contribution in [0, 0.1) is 0 Å². The highest BCUT2D eigenvalue weighted by Gasteiger charge is 2.46. The Labute approximate surface area is 97.1 Å². The van der Waals surface area contributed by atoms with Crippen LogP contribution in [-0.4, -0.2) is 33.7 Å². The van der Waals surface area contributed by atoms with Gasteiger partial charge in [0.1, 0.15) is 0 Å². The largest absolute Gasteiger partial charge is 0.380 e. The van der Waals surface area contributed by atoms with Crippen LogP contribution in [0.5, 0.6) is 0 Å². The van der Waals surface area contributed by atoms with Gasteiger partial charge in [-0.2, -0.15) is 0 Å². The molecule has 0 saturated heterocycles. The van der Waals surface area contributed by atoms with E-state index in [9.17, 15) is 0 Å². The highest BCUT2D eigenvalue weighted by Crippen LogP contribution is 2.47. The van der Waals surface area contributed by atoms with Crippen molar-refractivity contribution in [3.8, 4) is 0 Å². The van der Waals surface area contributed by atoms with Crippen LogP contribution in [0.1, 0.15) is 25.7 Å². The lowest BCUT2D eigenvalue weighted by Crippen LogP contribution is -2.46. The van der Waals surface area contributed by atoms with Gasteiger partial charge < -0.3 is 14.2 Å².